The van der Waals surface area contributed by atoms with Crippen LogP contribution in [0.4, 0.5) is 11.4 Å². The zero-order valence-corrected chi connectivity index (χ0v) is 22.4. The molecule has 37 heavy (non-hydrogen) atoms. The lowest BCUT2D eigenvalue weighted by molar-refractivity contribution is -0.114. The van der Waals surface area contributed by atoms with Crippen molar-refractivity contribution < 1.29 is 26.4 Å². The molecule has 1 aliphatic rings. The zero-order valence-electron chi connectivity index (χ0n) is 20.0. The van der Waals surface area contributed by atoms with E-state index in [1.807, 2.05) is 0 Å². The summed E-state index contributed by atoms with van der Waals surface area (Å²) in [5.74, 6) is -0.593. The number of carbonyl (C=O) groups is 1. The molecular weight excluding hydrogens is 538 g/mol. The normalized spacial score (nSPS) is 14.8. The number of morpholine rings is 1. The van der Waals surface area contributed by atoms with E-state index in [1.165, 1.54) is 52.8 Å². The fraction of sp³-hybridized carbons (Fsp3) is 0.240. The van der Waals surface area contributed by atoms with Crippen molar-refractivity contribution in [1.29, 1.82) is 0 Å². The predicted molar refractivity (Wildman–Crippen MR) is 142 cm³/mol. The maximum absolute atomic E-state index is 13.5. The van der Waals surface area contributed by atoms with Gasteiger partial charge < -0.3 is 10.1 Å². The van der Waals surface area contributed by atoms with Crippen LogP contribution in [0.5, 0.6) is 0 Å². The monoisotopic (exact) mass is 563 g/mol. The predicted octanol–water partition coefficient (Wildman–Crippen LogP) is 3.50. The van der Waals surface area contributed by atoms with Gasteiger partial charge in [0.05, 0.1) is 28.7 Å². The smallest absolute Gasteiger partial charge is 0.264 e. The quantitative estimate of drug-likeness (QED) is 0.449. The summed E-state index contributed by atoms with van der Waals surface area (Å²) in [6.45, 7) is 2.48. The first-order valence-electron chi connectivity index (χ1n) is 11.4. The van der Waals surface area contributed by atoms with Gasteiger partial charge in [-0.15, -0.1) is 0 Å². The first-order valence-corrected chi connectivity index (χ1v) is 14.7. The van der Waals surface area contributed by atoms with Crippen molar-refractivity contribution in [2.45, 2.75) is 16.7 Å². The van der Waals surface area contributed by atoms with Gasteiger partial charge in [0.25, 0.3) is 10.0 Å². The molecule has 0 bridgehead atoms. The first-order chi connectivity index (χ1) is 17.6. The van der Waals surface area contributed by atoms with Gasteiger partial charge in [-0.3, -0.25) is 9.10 Å². The van der Waals surface area contributed by atoms with Gasteiger partial charge in [0.15, 0.2) is 0 Å². The molecule has 4 rings (SSSR count). The molecule has 1 N–H and O–H groups in total. The fourth-order valence-electron chi connectivity index (χ4n) is 3.85. The van der Waals surface area contributed by atoms with Crippen LogP contribution in [-0.4, -0.2) is 59.9 Å². The Hall–Kier alpha value is -2.96. The van der Waals surface area contributed by atoms with E-state index in [4.69, 9.17) is 16.3 Å². The highest BCUT2D eigenvalue weighted by atomic mass is 35.5. The number of rotatable bonds is 8. The molecule has 0 saturated carbocycles. The number of nitrogens with zero attached hydrogens (tertiary/aromatic N) is 2. The SMILES string of the molecule is Cc1ccccc1N(CC(=O)Nc1ccc(S(=O)(=O)N2CCOCC2)cc1)S(=O)(=O)c1ccc(Cl)cc1. The van der Waals surface area contributed by atoms with Crippen LogP contribution in [0.3, 0.4) is 0 Å². The van der Waals surface area contributed by atoms with Crippen LogP contribution in [0.1, 0.15) is 5.56 Å². The largest absolute Gasteiger partial charge is 0.379 e. The van der Waals surface area contributed by atoms with Gasteiger partial charge in [0.2, 0.25) is 15.9 Å². The lowest BCUT2D eigenvalue weighted by Crippen LogP contribution is -2.40. The number of hydrogen-bond acceptors (Lipinski definition) is 6. The number of aryl methyl sites for hydroxylation is 1. The van der Waals surface area contributed by atoms with Crippen molar-refractivity contribution in [3.8, 4) is 0 Å². The molecule has 0 aromatic heterocycles. The molecule has 0 spiro atoms. The first kappa shape index (κ1) is 27.1. The van der Waals surface area contributed by atoms with Gasteiger partial charge in [-0.05, 0) is 67.1 Å². The van der Waals surface area contributed by atoms with Gasteiger partial charge in [0.1, 0.15) is 6.54 Å². The highest BCUT2D eigenvalue weighted by Gasteiger charge is 2.29. The lowest BCUT2D eigenvalue weighted by Gasteiger charge is -2.26. The van der Waals surface area contributed by atoms with Crippen LogP contribution >= 0.6 is 11.6 Å². The Morgan fingerprint density at radius 3 is 2.14 bits per heavy atom. The van der Waals surface area contributed by atoms with E-state index in [1.54, 1.807) is 31.2 Å². The second-order valence-corrected chi connectivity index (χ2v) is 12.6. The van der Waals surface area contributed by atoms with Crippen molar-refractivity contribution in [3.05, 3.63) is 83.4 Å². The highest BCUT2D eigenvalue weighted by molar-refractivity contribution is 7.92. The Morgan fingerprint density at radius 2 is 1.51 bits per heavy atom. The molecule has 0 radical (unpaired) electrons. The lowest BCUT2D eigenvalue weighted by atomic mass is 10.2. The van der Waals surface area contributed by atoms with Gasteiger partial charge in [0, 0.05) is 23.8 Å². The Balaban J connectivity index is 1.55. The van der Waals surface area contributed by atoms with Crippen molar-refractivity contribution in [1.82, 2.24) is 4.31 Å². The maximum Gasteiger partial charge on any atom is 0.264 e. The number of carbonyl (C=O) groups excluding carboxylic acids is 1. The van der Waals surface area contributed by atoms with Gasteiger partial charge in [-0.2, -0.15) is 4.31 Å². The van der Waals surface area contributed by atoms with E-state index in [-0.39, 0.29) is 22.9 Å². The molecule has 1 heterocycles. The standard InChI is InChI=1S/C25H26ClN3O6S2/c1-19-4-2-3-5-24(19)29(37(33,34)23-10-6-20(26)7-11-23)18-25(30)27-21-8-12-22(13-9-21)36(31,32)28-14-16-35-17-15-28/h2-13H,14-18H2,1H3,(H,27,30). The molecular formula is C25H26ClN3O6S2. The van der Waals surface area contributed by atoms with Crippen LogP contribution < -0.4 is 9.62 Å². The average molecular weight is 564 g/mol. The fourth-order valence-corrected chi connectivity index (χ4v) is 6.87. The van der Waals surface area contributed by atoms with E-state index in [2.05, 4.69) is 5.32 Å². The summed E-state index contributed by atoms with van der Waals surface area (Å²) < 4.78 is 60.3. The molecule has 1 saturated heterocycles. The zero-order chi connectivity index (χ0) is 26.6. The molecule has 0 aliphatic carbocycles. The number of amides is 1. The summed E-state index contributed by atoms with van der Waals surface area (Å²) in [6, 6.07) is 18.3. The second kappa shape index (κ2) is 11.2. The Labute approximate surface area is 221 Å². The van der Waals surface area contributed by atoms with Crippen LogP contribution in [0.2, 0.25) is 5.02 Å². The van der Waals surface area contributed by atoms with Gasteiger partial charge >= 0.3 is 0 Å². The number of anilines is 2. The molecule has 9 nitrogen and oxygen atoms in total. The third-order valence-electron chi connectivity index (χ3n) is 5.82. The number of ether oxygens (including phenoxy) is 1. The number of sulfonamides is 2. The summed E-state index contributed by atoms with van der Waals surface area (Å²) in [7, 11) is -7.78. The van der Waals surface area contributed by atoms with E-state index >= 15 is 0 Å². The topological polar surface area (TPSA) is 113 Å². The van der Waals surface area contributed by atoms with Crippen molar-refractivity contribution in [3.63, 3.8) is 0 Å². The third-order valence-corrected chi connectivity index (χ3v) is 9.76. The van der Waals surface area contributed by atoms with E-state index in [0.29, 0.717) is 35.2 Å². The molecule has 1 fully saturated rings. The maximum atomic E-state index is 13.5. The number of halogens is 1. The number of hydrogen-bond donors (Lipinski definition) is 1. The minimum atomic E-state index is -4.10. The average Bonchev–Trinajstić information content (AvgIpc) is 2.89. The second-order valence-electron chi connectivity index (χ2n) is 8.34. The number of nitrogens with one attached hydrogen (secondary N) is 1. The van der Waals surface area contributed by atoms with Crippen molar-refractivity contribution in [2.75, 3.05) is 42.5 Å². The summed E-state index contributed by atoms with van der Waals surface area (Å²) in [5, 5.41) is 3.05. The highest BCUT2D eigenvalue weighted by Crippen LogP contribution is 2.27. The summed E-state index contributed by atoms with van der Waals surface area (Å²) in [6.07, 6.45) is 0. The Bertz CT molecular complexity index is 1470. The Morgan fingerprint density at radius 1 is 0.919 bits per heavy atom. The third kappa shape index (κ3) is 6.13. The molecule has 3 aromatic rings. The molecule has 0 unspecified atom stereocenters. The number of para-hydroxylation sites is 1. The van der Waals surface area contributed by atoms with Gasteiger partial charge in [-0.25, -0.2) is 16.8 Å². The molecule has 1 aliphatic heterocycles. The van der Waals surface area contributed by atoms with E-state index < -0.39 is 32.5 Å². The molecule has 1 amide bonds. The summed E-state index contributed by atoms with van der Waals surface area (Å²) in [4.78, 5) is 13.1. The molecule has 12 heteroatoms. The molecule has 3 aromatic carbocycles. The molecule has 0 atom stereocenters. The van der Waals surface area contributed by atoms with E-state index in [0.717, 1.165) is 4.31 Å². The van der Waals surface area contributed by atoms with Gasteiger partial charge in [-0.1, -0.05) is 29.8 Å². The minimum absolute atomic E-state index is 0.00868. The minimum Gasteiger partial charge on any atom is -0.379 e. The van der Waals surface area contributed by atoms with Crippen LogP contribution in [0.15, 0.2) is 82.6 Å². The summed E-state index contributed by atoms with van der Waals surface area (Å²) >= 11 is 5.92. The van der Waals surface area contributed by atoms with E-state index in [9.17, 15) is 21.6 Å². The summed E-state index contributed by atoms with van der Waals surface area (Å²) in [5.41, 5.74) is 1.37. The number of benzene rings is 3. The van der Waals surface area contributed by atoms with Crippen molar-refractivity contribution in [2.24, 2.45) is 0 Å². The molecule has 196 valence electrons. The Kier molecular flexibility index (Phi) is 8.20. The van der Waals surface area contributed by atoms with Crippen LogP contribution in [0, 0.1) is 6.92 Å². The van der Waals surface area contributed by atoms with Crippen LogP contribution in [-0.2, 0) is 29.6 Å². The van der Waals surface area contributed by atoms with Crippen LogP contribution in [0.25, 0.3) is 0 Å². The van der Waals surface area contributed by atoms with Crippen molar-refractivity contribution >= 4 is 48.9 Å².